The molecule has 1 aromatic carbocycles. The van der Waals surface area contributed by atoms with Crippen LogP contribution in [0.4, 0.5) is 5.69 Å². The zero-order valence-electron chi connectivity index (χ0n) is 6.87. The molecule has 0 amide bonds. The summed E-state index contributed by atoms with van der Waals surface area (Å²) < 4.78 is 4.97. The summed E-state index contributed by atoms with van der Waals surface area (Å²) in [4.78, 5) is 0. The summed E-state index contributed by atoms with van der Waals surface area (Å²) in [6, 6.07) is 7.40. The van der Waals surface area contributed by atoms with Crippen molar-refractivity contribution >= 4 is 5.69 Å². The molecule has 0 radical (unpaired) electrons. The Bertz CT molecular complexity index is 315. The van der Waals surface area contributed by atoms with Crippen LogP contribution in [0.3, 0.4) is 0 Å². The molecule has 12 heavy (non-hydrogen) atoms. The van der Waals surface area contributed by atoms with Gasteiger partial charge in [-0.05, 0) is 17.7 Å². The molecule has 0 aromatic heterocycles. The molecule has 0 bridgehead atoms. The molecular formula is C9H10N2O. The number of ether oxygens (including phenoxy) is 1. The molecule has 0 unspecified atom stereocenters. The van der Waals surface area contributed by atoms with Crippen molar-refractivity contribution in [3.05, 3.63) is 23.8 Å². The highest BCUT2D eigenvalue weighted by molar-refractivity contribution is 5.54. The highest BCUT2D eigenvalue weighted by atomic mass is 16.5. The number of nitrogens with two attached hydrogens (primary N) is 1. The van der Waals surface area contributed by atoms with Gasteiger partial charge in [0.1, 0.15) is 5.75 Å². The molecule has 3 heteroatoms. The molecule has 0 fully saturated rings. The third-order valence-corrected chi connectivity index (χ3v) is 1.58. The molecule has 0 atom stereocenters. The molecule has 0 spiro atoms. The van der Waals surface area contributed by atoms with Gasteiger partial charge in [0.15, 0.2) is 0 Å². The highest BCUT2D eigenvalue weighted by Crippen LogP contribution is 2.21. The summed E-state index contributed by atoms with van der Waals surface area (Å²) in [5.41, 5.74) is 7.11. The number of benzene rings is 1. The van der Waals surface area contributed by atoms with Crippen LogP contribution in [0.5, 0.6) is 5.75 Å². The zero-order chi connectivity index (χ0) is 8.97. The molecular weight excluding hydrogens is 152 g/mol. The Hall–Kier alpha value is -1.69. The van der Waals surface area contributed by atoms with Crippen LogP contribution in [0.2, 0.25) is 0 Å². The Labute approximate surface area is 71.4 Å². The second kappa shape index (κ2) is 3.63. The van der Waals surface area contributed by atoms with Crippen LogP contribution in [-0.2, 0) is 6.42 Å². The van der Waals surface area contributed by atoms with E-state index in [1.165, 1.54) is 0 Å². The number of methoxy groups -OCH3 is 1. The molecule has 1 rings (SSSR count). The summed E-state index contributed by atoms with van der Waals surface area (Å²) in [6.45, 7) is 0. The van der Waals surface area contributed by atoms with Crippen LogP contribution in [-0.4, -0.2) is 7.11 Å². The molecule has 0 aliphatic carbocycles. The van der Waals surface area contributed by atoms with Gasteiger partial charge in [-0.25, -0.2) is 0 Å². The van der Waals surface area contributed by atoms with Crippen LogP contribution in [0.1, 0.15) is 5.56 Å². The fourth-order valence-corrected chi connectivity index (χ4v) is 0.985. The lowest BCUT2D eigenvalue weighted by Gasteiger charge is -2.04. The minimum atomic E-state index is 0.383. The third kappa shape index (κ3) is 1.67. The van der Waals surface area contributed by atoms with Gasteiger partial charge in [0.25, 0.3) is 0 Å². The maximum absolute atomic E-state index is 8.42. The Kier molecular flexibility index (Phi) is 2.54. The maximum Gasteiger partial charge on any atom is 0.141 e. The number of hydrogen-bond donors (Lipinski definition) is 1. The SMILES string of the molecule is COc1ccc(CC#N)cc1N. The first-order valence-electron chi connectivity index (χ1n) is 3.57. The number of nitrogen functional groups attached to an aromatic ring is 1. The standard InChI is InChI=1S/C9H10N2O/c1-12-9-3-2-7(4-5-10)6-8(9)11/h2-3,6H,4,11H2,1H3. The smallest absolute Gasteiger partial charge is 0.141 e. The Morgan fingerprint density at radius 1 is 1.58 bits per heavy atom. The Morgan fingerprint density at radius 3 is 2.83 bits per heavy atom. The topological polar surface area (TPSA) is 59.0 Å². The number of nitrogens with zero attached hydrogens (tertiary/aromatic N) is 1. The lowest BCUT2D eigenvalue weighted by molar-refractivity contribution is 0.417. The minimum Gasteiger partial charge on any atom is -0.495 e. The molecule has 2 N–H and O–H groups in total. The lowest BCUT2D eigenvalue weighted by Crippen LogP contribution is -1.93. The normalized spacial score (nSPS) is 9.00. The van der Waals surface area contributed by atoms with E-state index >= 15 is 0 Å². The molecule has 0 heterocycles. The van der Waals surface area contributed by atoms with E-state index in [-0.39, 0.29) is 0 Å². The molecule has 3 nitrogen and oxygen atoms in total. The molecule has 0 aliphatic heterocycles. The minimum absolute atomic E-state index is 0.383. The van der Waals surface area contributed by atoms with Gasteiger partial charge in [0.2, 0.25) is 0 Å². The van der Waals surface area contributed by atoms with Crippen molar-refractivity contribution in [3.8, 4) is 11.8 Å². The van der Waals surface area contributed by atoms with Gasteiger partial charge in [-0.15, -0.1) is 0 Å². The van der Waals surface area contributed by atoms with Crippen LogP contribution < -0.4 is 10.5 Å². The van der Waals surface area contributed by atoms with Crippen molar-refractivity contribution in [2.45, 2.75) is 6.42 Å². The van der Waals surface area contributed by atoms with Gasteiger partial charge in [-0.1, -0.05) is 6.07 Å². The van der Waals surface area contributed by atoms with E-state index in [0.717, 1.165) is 5.56 Å². The van der Waals surface area contributed by atoms with Gasteiger partial charge in [-0.3, -0.25) is 0 Å². The number of hydrogen-bond acceptors (Lipinski definition) is 3. The fraction of sp³-hybridized carbons (Fsp3) is 0.222. The lowest BCUT2D eigenvalue weighted by atomic mass is 10.1. The quantitative estimate of drug-likeness (QED) is 0.667. The van der Waals surface area contributed by atoms with Crippen LogP contribution >= 0.6 is 0 Å². The summed E-state index contributed by atoms with van der Waals surface area (Å²) in [7, 11) is 1.57. The Balaban J connectivity index is 2.95. The maximum atomic E-state index is 8.42. The zero-order valence-corrected chi connectivity index (χ0v) is 6.87. The Morgan fingerprint density at radius 2 is 2.33 bits per heavy atom. The van der Waals surface area contributed by atoms with E-state index in [0.29, 0.717) is 17.9 Å². The van der Waals surface area contributed by atoms with E-state index in [1.54, 1.807) is 19.2 Å². The summed E-state index contributed by atoms with van der Waals surface area (Å²) >= 11 is 0. The van der Waals surface area contributed by atoms with Crippen LogP contribution in [0.15, 0.2) is 18.2 Å². The summed E-state index contributed by atoms with van der Waals surface area (Å²) in [5, 5.41) is 8.42. The predicted molar refractivity (Wildman–Crippen MR) is 46.7 cm³/mol. The van der Waals surface area contributed by atoms with Crippen LogP contribution in [0.25, 0.3) is 0 Å². The number of rotatable bonds is 2. The fourth-order valence-electron chi connectivity index (χ4n) is 0.985. The predicted octanol–water partition coefficient (Wildman–Crippen LogP) is 1.34. The van der Waals surface area contributed by atoms with E-state index < -0.39 is 0 Å². The van der Waals surface area contributed by atoms with E-state index in [2.05, 4.69) is 6.07 Å². The first-order valence-corrected chi connectivity index (χ1v) is 3.57. The van der Waals surface area contributed by atoms with Crippen LogP contribution in [0, 0.1) is 11.3 Å². The molecule has 0 aliphatic rings. The molecule has 0 saturated carbocycles. The largest absolute Gasteiger partial charge is 0.495 e. The van der Waals surface area contributed by atoms with Crippen molar-refractivity contribution in [1.82, 2.24) is 0 Å². The van der Waals surface area contributed by atoms with Gasteiger partial charge in [-0.2, -0.15) is 5.26 Å². The number of nitriles is 1. The summed E-state index contributed by atoms with van der Waals surface area (Å²) in [5.74, 6) is 0.650. The second-order valence-corrected chi connectivity index (χ2v) is 2.41. The van der Waals surface area contributed by atoms with Crippen molar-refractivity contribution in [2.24, 2.45) is 0 Å². The number of anilines is 1. The van der Waals surface area contributed by atoms with Crippen molar-refractivity contribution < 1.29 is 4.74 Å². The van der Waals surface area contributed by atoms with Gasteiger partial charge < -0.3 is 10.5 Å². The van der Waals surface area contributed by atoms with Gasteiger partial charge >= 0.3 is 0 Å². The highest BCUT2D eigenvalue weighted by Gasteiger charge is 1.99. The van der Waals surface area contributed by atoms with E-state index in [9.17, 15) is 0 Å². The summed E-state index contributed by atoms with van der Waals surface area (Å²) in [6.07, 6.45) is 0.383. The van der Waals surface area contributed by atoms with Gasteiger partial charge in [0, 0.05) is 0 Å². The van der Waals surface area contributed by atoms with Crippen molar-refractivity contribution in [3.63, 3.8) is 0 Å². The first kappa shape index (κ1) is 8.41. The molecule has 0 saturated heterocycles. The monoisotopic (exact) mass is 162 g/mol. The van der Waals surface area contributed by atoms with E-state index in [1.807, 2.05) is 6.07 Å². The first-order chi connectivity index (χ1) is 5.77. The average molecular weight is 162 g/mol. The molecule has 62 valence electrons. The van der Waals surface area contributed by atoms with Crippen molar-refractivity contribution in [1.29, 1.82) is 5.26 Å². The van der Waals surface area contributed by atoms with Crippen molar-refractivity contribution in [2.75, 3.05) is 12.8 Å². The van der Waals surface area contributed by atoms with Gasteiger partial charge in [0.05, 0.1) is 25.3 Å². The third-order valence-electron chi connectivity index (χ3n) is 1.58. The second-order valence-electron chi connectivity index (χ2n) is 2.41. The van der Waals surface area contributed by atoms with E-state index in [4.69, 9.17) is 15.7 Å². The molecule has 1 aromatic rings. The average Bonchev–Trinajstić information content (AvgIpc) is 2.05.